The van der Waals surface area contributed by atoms with Crippen LogP contribution in [0.1, 0.15) is 46.2 Å². The van der Waals surface area contributed by atoms with Crippen molar-refractivity contribution < 1.29 is 23.5 Å². The Labute approximate surface area is 115 Å². The van der Waals surface area contributed by atoms with Gasteiger partial charge in [-0.05, 0) is 26.7 Å². The summed E-state index contributed by atoms with van der Waals surface area (Å²) in [6.45, 7) is 3.36. The number of hydrogen-bond acceptors (Lipinski definition) is 5. The normalized spacial score (nSPS) is 18.0. The van der Waals surface area contributed by atoms with E-state index in [1.165, 1.54) is 13.8 Å². The monoisotopic (exact) mass is 280 g/mol. The highest BCUT2D eigenvalue weighted by Gasteiger charge is 2.29. The quantitative estimate of drug-likeness (QED) is 0.799. The van der Waals surface area contributed by atoms with Gasteiger partial charge < -0.3 is 14.9 Å². The van der Waals surface area contributed by atoms with Crippen LogP contribution in [0, 0.1) is 6.92 Å². The molecule has 0 aliphatic carbocycles. The Balaban J connectivity index is 2.31. The molecule has 2 heterocycles. The molecule has 0 bridgehead atoms. The van der Waals surface area contributed by atoms with Gasteiger partial charge >= 0.3 is 0 Å². The van der Waals surface area contributed by atoms with Crippen LogP contribution in [-0.2, 0) is 9.53 Å². The molecule has 1 unspecified atom stereocenters. The van der Waals surface area contributed by atoms with Gasteiger partial charge in [0.2, 0.25) is 5.88 Å². The SMILES string of the molecule is CC(=O)c1c(C)oc(NC(=O)C2CCCO2)c1C(N)=O. The lowest BCUT2D eigenvalue weighted by molar-refractivity contribution is -0.124. The number of Topliss-reactive ketones (excluding diaryl/α,β-unsaturated/α-hetero) is 1. The molecule has 0 spiro atoms. The smallest absolute Gasteiger partial charge is 0.255 e. The highest BCUT2D eigenvalue weighted by Crippen LogP contribution is 2.28. The van der Waals surface area contributed by atoms with Crippen LogP contribution in [0.25, 0.3) is 0 Å². The zero-order valence-corrected chi connectivity index (χ0v) is 11.3. The maximum Gasteiger partial charge on any atom is 0.255 e. The van der Waals surface area contributed by atoms with Crippen LogP contribution in [0.2, 0.25) is 0 Å². The molecule has 20 heavy (non-hydrogen) atoms. The number of nitrogens with two attached hydrogens (primary N) is 1. The fourth-order valence-electron chi connectivity index (χ4n) is 2.27. The van der Waals surface area contributed by atoms with Gasteiger partial charge in [0.05, 0.1) is 5.56 Å². The molecule has 1 aromatic heterocycles. The van der Waals surface area contributed by atoms with Gasteiger partial charge in [0.25, 0.3) is 11.8 Å². The first-order chi connectivity index (χ1) is 9.41. The lowest BCUT2D eigenvalue weighted by Gasteiger charge is -2.09. The van der Waals surface area contributed by atoms with E-state index in [1.807, 2.05) is 0 Å². The maximum atomic E-state index is 11.9. The van der Waals surface area contributed by atoms with E-state index in [0.29, 0.717) is 13.0 Å². The number of carbonyl (C=O) groups is 3. The highest BCUT2D eigenvalue weighted by atomic mass is 16.5. The van der Waals surface area contributed by atoms with Crippen molar-refractivity contribution in [3.05, 3.63) is 16.9 Å². The van der Waals surface area contributed by atoms with Crippen molar-refractivity contribution in [2.45, 2.75) is 32.8 Å². The van der Waals surface area contributed by atoms with Crippen LogP contribution in [-0.4, -0.2) is 30.3 Å². The highest BCUT2D eigenvalue weighted by molar-refractivity contribution is 6.12. The molecular formula is C13H16N2O5. The van der Waals surface area contributed by atoms with Crippen LogP contribution in [0.15, 0.2) is 4.42 Å². The summed E-state index contributed by atoms with van der Waals surface area (Å²) in [5.41, 5.74) is 5.26. The van der Waals surface area contributed by atoms with E-state index in [9.17, 15) is 14.4 Å². The van der Waals surface area contributed by atoms with Crippen molar-refractivity contribution in [3.8, 4) is 0 Å². The second kappa shape index (κ2) is 5.46. The third-order valence-electron chi connectivity index (χ3n) is 3.14. The minimum absolute atomic E-state index is 0.0960. The molecular weight excluding hydrogens is 264 g/mol. The third kappa shape index (κ3) is 2.57. The van der Waals surface area contributed by atoms with Crippen molar-refractivity contribution in [2.24, 2.45) is 5.73 Å². The molecule has 2 rings (SSSR count). The standard InChI is InChI=1S/C13H16N2O5/c1-6(16)9-7(2)20-13(10(9)11(14)17)15-12(18)8-4-3-5-19-8/h8H,3-5H2,1-2H3,(H2,14,17)(H,15,18). The number of primary amides is 1. The summed E-state index contributed by atoms with van der Waals surface area (Å²) in [5, 5.41) is 2.47. The van der Waals surface area contributed by atoms with Crippen LogP contribution >= 0.6 is 0 Å². The number of rotatable bonds is 4. The summed E-state index contributed by atoms with van der Waals surface area (Å²) in [6, 6.07) is 0. The van der Waals surface area contributed by atoms with Crippen LogP contribution in [0.3, 0.4) is 0 Å². The number of aryl methyl sites for hydroxylation is 1. The molecule has 108 valence electrons. The average molecular weight is 280 g/mol. The van der Waals surface area contributed by atoms with E-state index < -0.39 is 17.9 Å². The van der Waals surface area contributed by atoms with Crippen LogP contribution in [0.4, 0.5) is 5.88 Å². The van der Waals surface area contributed by atoms with Crippen molar-refractivity contribution in [1.82, 2.24) is 0 Å². The molecule has 1 atom stereocenters. The van der Waals surface area contributed by atoms with Gasteiger partial charge in [-0.3, -0.25) is 19.7 Å². The molecule has 1 aromatic rings. The molecule has 0 saturated carbocycles. The molecule has 1 saturated heterocycles. The topological polar surface area (TPSA) is 112 Å². The first-order valence-corrected chi connectivity index (χ1v) is 6.28. The first-order valence-electron chi connectivity index (χ1n) is 6.28. The van der Waals surface area contributed by atoms with Gasteiger partial charge in [-0.1, -0.05) is 0 Å². The van der Waals surface area contributed by atoms with Crippen molar-refractivity contribution in [3.63, 3.8) is 0 Å². The lowest BCUT2D eigenvalue weighted by atomic mass is 10.1. The van der Waals surface area contributed by atoms with Crippen molar-refractivity contribution >= 4 is 23.5 Å². The van der Waals surface area contributed by atoms with E-state index in [2.05, 4.69) is 5.32 Å². The number of amides is 2. The number of furan rings is 1. The molecule has 7 heteroatoms. The molecule has 2 amide bonds. The van der Waals surface area contributed by atoms with E-state index in [4.69, 9.17) is 14.9 Å². The Morgan fingerprint density at radius 1 is 1.30 bits per heavy atom. The minimum Gasteiger partial charge on any atom is -0.444 e. The zero-order chi connectivity index (χ0) is 14.9. The van der Waals surface area contributed by atoms with Gasteiger partial charge in [-0.15, -0.1) is 0 Å². The van der Waals surface area contributed by atoms with E-state index >= 15 is 0 Å². The molecule has 1 aliphatic heterocycles. The summed E-state index contributed by atoms with van der Waals surface area (Å²) in [4.78, 5) is 35.0. The number of carbonyl (C=O) groups excluding carboxylic acids is 3. The molecule has 1 fully saturated rings. The zero-order valence-electron chi connectivity index (χ0n) is 11.3. The van der Waals surface area contributed by atoms with Gasteiger partial charge in [0, 0.05) is 6.61 Å². The van der Waals surface area contributed by atoms with E-state index in [0.717, 1.165) is 6.42 Å². The molecule has 1 aliphatic rings. The van der Waals surface area contributed by atoms with Gasteiger partial charge in [0.15, 0.2) is 5.78 Å². The Bertz CT molecular complexity index is 570. The average Bonchev–Trinajstić information content (AvgIpc) is 2.95. The Morgan fingerprint density at radius 3 is 2.50 bits per heavy atom. The first kappa shape index (κ1) is 14.3. The fourth-order valence-corrected chi connectivity index (χ4v) is 2.27. The molecule has 0 aromatic carbocycles. The largest absolute Gasteiger partial charge is 0.444 e. The van der Waals surface area contributed by atoms with Gasteiger partial charge in [0.1, 0.15) is 17.4 Å². The van der Waals surface area contributed by atoms with Crippen LogP contribution in [0.5, 0.6) is 0 Å². The summed E-state index contributed by atoms with van der Waals surface area (Å²) in [7, 11) is 0. The lowest BCUT2D eigenvalue weighted by Crippen LogP contribution is -2.28. The fraction of sp³-hybridized carbons (Fsp3) is 0.462. The number of hydrogen-bond donors (Lipinski definition) is 2. The van der Waals surface area contributed by atoms with Gasteiger partial charge in [-0.2, -0.15) is 0 Å². The number of nitrogens with one attached hydrogen (secondary N) is 1. The molecule has 7 nitrogen and oxygen atoms in total. The Morgan fingerprint density at radius 2 is 2.00 bits per heavy atom. The molecule has 3 N–H and O–H groups in total. The summed E-state index contributed by atoms with van der Waals surface area (Å²) in [6.07, 6.45) is 0.843. The van der Waals surface area contributed by atoms with Crippen LogP contribution < -0.4 is 11.1 Å². The third-order valence-corrected chi connectivity index (χ3v) is 3.14. The van der Waals surface area contributed by atoms with Crippen molar-refractivity contribution in [1.29, 1.82) is 0 Å². The maximum absolute atomic E-state index is 11.9. The summed E-state index contributed by atoms with van der Waals surface area (Å²) >= 11 is 0. The second-order valence-electron chi connectivity index (χ2n) is 4.65. The predicted molar refractivity (Wildman–Crippen MR) is 69.6 cm³/mol. The summed E-state index contributed by atoms with van der Waals surface area (Å²) in [5.74, 6) is -1.43. The number of ketones is 1. The van der Waals surface area contributed by atoms with Gasteiger partial charge in [-0.25, -0.2) is 0 Å². The summed E-state index contributed by atoms with van der Waals surface area (Å²) < 4.78 is 10.5. The minimum atomic E-state index is -0.824. The van der Waals surface area contributed by atoms with Crippen molar-refractivity contribution in [2.75, 3.05) is 11.9 Å². The number of ether oxygens (including phenoxy) is 1. The Hall–Kier alpha value is -2.15. The van der Waals surface area contributed by atoms with E-state index in [1.54, 1.807) is 0 Å². The second-order valence-corrected chi connectivity index (χ2v) is 4.65. The Kier molecular flexibility index (Phi) is 3.89. The predicted octanol–water partition coefficient (Wildman–Crippen LogP) is 1.01. The van der Waals surface area contributed by atoms with E-state index in [-0.39, 0.29) is 28.6 Å². The number of anilines is 1. The molecule has 0 radical (unpaired) electrons.